The lowest BCUT2D eigenvalue weighted by atomic mass is 9.97. The van der Waals surface area contributed by atoms with Crippen LogP contribution >= 0.6 is 0 Å². The lowest BCUT2D eigenvalue weighted by Gasteiger charge is -2.21. The monoisotopic (exact) mass is 344 g/mol. The summed E-state index contributed by atoms with van der Waals surface area (Å²) in [5, 5.41) is 12.5. The highest BCUT2D eigenvalue weighted by atomic mass is 16.5. The molecule has 2 aromatic rings. The van der Waals surface area contributed by atoms with Crippen LogP contribution in [-0.2, 0) is 14.3 Å². The minimum absolute atomic E-state index is 0.0951. The third-order valence-electron chi connectivity index (χ3n) is 3.81. The molecule has 2 atom stereocenters. The van der Waals surface area contributed by atoms with Gasteiger partial charge in [-0.05, 0) is 25.0 Å². The highest BCUT2D eigenvalue weighted by molar-refractivity contribution is 6.07. The molecule has 0 spiro atoms. The number of hydrogen-bond donors (Lipinski definition) is 2. The molecule has 7 heteroatoms. The van der Waals surface area contributed by atoms with Gasteiger partial charge in [0.2, 0.25) is 0 Å². The van der Waals surface area contributed by atoms with Gasteiger partial charge in [-0.2, -0.15) is 0 Å². The number of rotatable bonds is 7. The molecule has 0 aliphatic heterocycles. The van der Waals surface area contributed by atoms with Crippen molar-refractivity contribution >= 4 is 28.7 Å². The molecule has 0 saturated carbocycles. The number of aromatic nitrogens is 1. The second-order valence-electron chi connectivity index (χ2n) is 5.65. The maximum Gasteiger partial charge on any atom is 0.326 e. The number of nitrogens with zero attached hydrogens (tertiary/aromatic N) is 1. The van der Waals surface area contributed by atoms with E-state index in [0.717, 1.165) is 0 Å². The Labute approximate surface area is 145 Å². The quantitative estimate of drug-likeness (QED) is 0.744. The Hall–Kier alpha value is -2.96. The lowest BCUT2D eigenvalue weighted by Crippen LogP contribution is -2.45. The van der Waals surface area contributed by atoms with Crippen LogP contribution < -0.4 is 5.32 Å². The number of carbonyl (C=O) groups is 3. The van der Waals surface area contributed by atoms with E-state index in [1.54, 1.807) is 38.1 Å². The summed E-state index contributed by atoms with van der Waals surface area (Å²) < 4.78 is 4.84. The van der Waals surface area contributed by atoms with Gasteiger partial charge < -0.3 is 15.2 Å². The number of benzene rings is 1. The molecule has 1 amide bonds. The highest BCUT2D eigenvalue weighted by Gasteiger charge is 2.29. The van der Waals surface area contributed by atoms with E-state index < -0.39 is 29.8 Å². The fourth-order valence-electron chi connectivity index (χ4n) is 2.56. The summed E-state index contributed by atoms with van der Waals surface area (Å²) in [4.78, 5) is 39.9. The minimum atomic E-state index is -1.21. The van der Waals surface area contributed by atoms with Crippen molar-refractivity contribution < 1.29 is 24.2 Å². The molecule has 0 bridgehead atoms. The first-order valence-electron chi connectivity index (χ1n) is 7.97. The molecule has 0 unspecified atom stereocenters. The molecular formula is C18H20N2O5. The minimum Gasteiger partial charge on any atom is -0.480 e. The zero-order valence-electron chi connectivity index (χ0n) is 14.1. The topological polar surface area (TPSA) is 106 Å². The number of ether oxygens (including phenoxy) is 1. The summed E-state index contributed by atoms with van der Waals surface area (Å²) in [5.74, 6) is -2.84. The van der Waals surface area contributed by atoms with Crippen molar-refractivity contribution in [2.75, 3.05) is 6.61 Å². The molecule has 0 aliphatic carbocycles. The van der Waals surface area contributed by atoms with Crippen molar-refractivity contribution in [3.05, 3.63) is 42.1 Å². The second-order valence-corrected chi connectivity index (χ2v) is 5.65. The Morgan fingerprint density at radius 2 is 1.96 bits per heavy atom. The second kappa shape index (κ2) is 8.23. The van der Waals surface area contributed by atoms with Crippen molar-refractivity contribution in [1.82, 2.24) is 10.3 Å². The fourth-order valence-corrected chi connectivity index (χ4v) is 2.56. The number of pyridine rings is 1. The van der Waals surface area contributed by atoms with Crippen LogP contribution in [0.3, 0.4) is 0 Å². The van der Waals surface area contributed by atoms with E-state index in [1.165, 1.54) is 12.3 Å². The Morgan fingerprint density at radius 3 is 2.64 bits per heavy atom. The number of carboxylic acids is 1. The average Bonchev–Trinajstić information content (AvgIpc) is 2.58. The first-order chi connectivity index (χ1) is 11.9. The summed E-state index contributed by atoms with van der Waals surface area (Å²) in [6.45, 7) is 3.48. The SMILES string of the molecule is CCOC(=O)C[C@H](C)[C@@H](NC(=O)c1ccnc2ccccc12)C(=O)O. The van der Waals surface area contributed by atoms with Crippen LogP contribution in [0.25, 0.3) is 10.9 Å². The fraction of sp³-hybridized carbons (Fsp3) is 0.333. The smallest absolute Gasteiger partial charge is 0.326 e. The van der Waals surface area contributed by atoms with E-state index in [9.17, 15) is 19.5 Å². The maximum absolute atomic E-state index is 12.6. The zero-order chi connectivity index (χ0) is 18.4. The third kappa shape index (κ3) is 4.53. The number of carbonyl (C=O) groups excluding carboxylic acids is 2. The molecule has 2 rings (SSSR count). The van der Waals surface area contributed by atoms with Crippen LogP contribution in [-0.4, -0.2) is 40.6 Å². The Balaban J connectivity index is 2.20. The number of carboxylic acid groups (broad SMARTS) is 1. The first kappa shape index (κ1) is 18.4. The van der Waals surface area contributed by atoms with Gasteiger partial charge >= 0.3 is 11.9 Å². The van der Waals surface area contributed by atoms with Gasteiger partial charge in [-0.3, -0.25) is 14.6 Å². The van der Waals surface area contributed by atoms with E-state index in [4.69, 9.17) is 4.74 Å². The molecule has 1 aromatic carbocycles. The molecule has 0 fully saturated rings. The number of amides is 1. The number of aliphatic carboxylic acids is 1. The third-order valence-corrected chi connectivity index (χ3v) is 3.81. The lowest BCUT2D eigenvalue weighted by molar-refractivity contribution is -0.145. The molecule has 132 valence electrons. The zero-order valence-corrected chi connectivity index (χ0v) is 14.1. The molecule has 0 aliphatic rings. The number of fused-ring (bicyclic) bond motifs is 1. The average molecular weight is 344 g/mol. The molecule has 25 heavy (non-hydrogen) atoms. The summed E-state index contributed by atoms with van der Waals surface area (Å²) in [6, 6.07) is 7.42. The van der Waals surface area contributed by atoms with Crippen LogP contribution in [0.5, 0.6) is 0 Å². The number of esters is 1. The van der Waals surface area contributed by atoms with E-state index in [2.05, 4.69) is 10.3 Å². The Bertz CT molecular complexity index is 785. The summed E-state index contributed by atoms with van der Waals surface area (Å²) in [5.41, 5.74) is 0.974. The van der Waals surface area contributed by atoms with Gasteiger partial charge in [-0.25, -0.2) is 4.79 Å². The largest absolute Gasteiger partial charge is 0.480 e. The van der Waals surface area contributed by atoms with Crippen LogP contribution in [0.15, 0.2) is 36.5 Å². The standard InChI is InChI=1S/C18H20N2O5/c1-3-25-15(21)10-11(2)16(18(23)24)20-17(22)13-8-9-19-14-7-5-4-6-12(13)14/h4-9,11,16H,3,10H2,1-2H3,(H,20,22)(H,23,24)/t11-,16+/m0/s1. The van der Waals surface area contributed by atoms with Gasteiger partial charge in [0.25, 0.3) is 5.91 Å². The number of nitrogens with one attached hydrogen (secondary N) is 1. The van der Waals surface area contributed by atoms with E-state index in [-0.39, 0.29) is 13.0 Å². The van der Waals surface area contributed by atoms with Crippen molar-refractivity contribution in [2.24, 2.45) is 5.92 Å². The van der Waals surface area contributed by atoms with E-state index in [1.807, 2.05) is 0 Å². The van der Waals surface area contributed by atoms with Crippen molar-refractivity contribution in [3.8, 4) is 0 Å². The molecular weight excluding hydrogens is 324 g/mol. The van der Waals surface area contributed by atoms with E-state index in [0.29, 0.717) is 16.5 Å². The Morgan fingerprint density at radius 1 is 1.24 bits per heavy atom. The first-order valence-corrected chi connectivity index (χ1v) is 7.97. The van der Waals surface area contributed by atoms with Gasteiger partial charge in [0.05, 0.1) is 24.1 Å². The molecule has 1 heterocycles. The summed E-state index contributed by atoms with van der Waals surface area (Å²) in [6.07, 6.45) is 1.40. The summed E-state index contributed by atoms with van der Waals surface area (Å²) >= 11 is 0. The number of hydrogen-bond acceptors (Lipinski definition) is 5. The number of para-hydroxylation sites is 1. The predicted molar refractivity (Wildman–Crippen MR) is 91.0 cm³/mol. The molecule has 0 radical (unpaired) electrons. The van der Waals surface area contributed by atoms with Gasteiger partial charge in [0.1, 0.15) is 6.04 Å². The molecule has 2 N–H and O–H groups in total. The van der Waals surface area contributed by atoms with Crippen LogP contribution in [0.2, 0.25) is 0 Å². The van der Waals surface area contributed by atoms with Gasteiger partial charge in [-0.15, -0.1) is 0 Å². The van der Waals surface area contributed by atoms with Gasteiger partial charge in [0.15, 0.2) is 0 Å². The molecule has 0 saturated heterocycles. The highest BCUT2D eigenvalue weighted by Crippen LogP contribution is 2.17. The van der Waals surface area contributed by atoms with Crippen molar-refractivity contribution in [1.29, 1.82) is 0 Å². The van der Waals surface area contributed by atoms with Gasteiger partial charge in [0, 0.05) is 11.6 Å². The summed E-state index contributed by atoms with van der Waals surface area (Å²) in [7, 11) is 0. The van der Waals surface area contributed by atoms with Crippen molar-refractivity contribution in [3.63, 3.8) is 0 Å². The Kier molecular flexibility index (Phi) is 6.05. The molecule has 1 aromatic heterocycles. The maximum atomic E-state index is 12.6. The van der Waals surface area contributed by atoms with Crippen LogP contribution in [0.1, 0.15) is 30.6 Å². The van der Waals surface area contributed by atoms with Gasteiger partial charge in [-0.1, -0.05) is 25.1 Å². The molecule has 7 nitrogen and oxygen atoms in total. The van der Waals surface area contributed by atoms with Crippen molar-refractivity contribution in [2.45, 2.75) is 26.3 Å². The predicted octanol–water partition coefficient (Wildman–Crippen LogP) is 2.01. The normalized spacial score (nSPS) is 13.0. The van der Waals surface area contributed by atoms with Crippen LogP contribution in [0, 0.1) is 5.92 Å². The van der Waals surface area contributed by atoms with Crippen LogP contribution in [0.4, 0.5) is 0 Å². The van der Waals surface area contributed by atoms with E-state index >= 15 is 0 Å².